The van der Waals surface area contributed by atoms with Crippen LogP contribution in [0.3, 0.4) is 0 Å². The van der Waals surface area contributed by atoms with Gasteiger partial charge in [-0.15, -0.1) is 0 Å². The zero-order valence-corrected chi connectivity index (χ0v) is 8.68. The van der Waals surface area contributed by atoms with Crippen LogP contribution in [0.5, 0.6) is 0 Å². The van der Waals surface area contributed by atoms with Crippen molar-refractivity contribution in [2.45, 2.75) is 52.4 Å². The van der Waals surface area contributed by atoms with E-state index < -0.39 is 5.97 Å². The minimum absolute atomic E-state index is 0.369. The summed E-state index contributed by atoms with van der Waals surface area (Å²) in [7, 11) is 0. The summed E-state index contributed by atoms with van der Waals surface area (Å²) in [5.41, 5.74) is -0.369. The van der Waals surface area contributed by atoms with Gasteiger partial charge in [-0.25, -0.2) is 0 Å². The molecule has 0 saturated heterocycles. The summed E-state index contributed by atoms with van der Waals surface area (Å²) in [4.78, 5) is 10.8. The maximum Gasteiger partial charge on any atom is 0.309 e. The maximum atomic E-state index is 10.8. The fraction of sp³-hybridized carbons (Fsp3) is 0.909. The molecule has 1 aliphatic rings. The third-order valence-electron chi connectivity index (χ3n) is 3.31. The van der Waals surface area contributed by atoms with Crippen molar-refractivity contribution in [1.82, 2.24) is 0 Å². The molecule has 0 bridgehead atoms. The summed E-state index contributed by atoms with van der Waals surface area (Å²) in [5.74, 6) is -0.144. The summed E-state index contributed by atoms with van der Waals surface area (Å²) < 4.78 is 0. The second-order valence-electron chi connectivity index (χ2n) is 4.47. The lowest BCUT2D eigenvalue weighted by Gasteiger charge is -2.04. The number of unbranched alkanes of at least 4 members (excludes halogenated alkanes) is 3. The van der Waals surface area contributed by atoms with Crippen LogP contribution in [-0.2, 0) is 4.79 Å². The SMILES string of the molecule is CCCCCC[C@H]1C[C@@]1(C)C(=O)O. The van der Waals surface area contributed by atoms with Gasteiger partial charge in [-0.3, -0.25) is 4.79 Å². The van der Waals surface area contributed by atoms with Crippen LogP contribution in [0.2, 0.25) is 0 Å². The average molecular weight is 184 g/mol. The fourth-order valence-electron chi connectivity index (χ4n) is 1.95. The van der Waals surface area contributed by atoms with Crippen molar-refractivity contribution in [3.63, 3.8) is 0 Å². The first-order valence-corrected chi connectivity index (χ1v) is 5.34. The molecule has 0 radical (unpaired) electrons. The zero-order chi connectivity index (χ0) is 9.90. The number of carboxylic acid groups (broad SMARTS) is 1. The van der Waals surface area contributed by atoms with Gasteiger partial charge in [0.05, 0.1) is 5.41 Å². The Bertz CT molecular complexity index is 189. The van der Waals surface area contributed by atoms with Gasteiger partial charge in [0.2, 0.25) is 0 Å². The summed E-state index contributed by atoms with van der Waals surface area (Å²) in [5, 5.41) is 8.89. The van der Waals surface area contributed by atoms with Crippen molar-refractivity contribution in [3.05, 3.63) is 0 Å². The number of rotatable bonds is 6. The molecule has 1 saturated carbocycles. The molecule has 2 nitrogen and oxygen atoms in total. The van der Waals surface area contributed by atoms with Gasteiger partial charge in [0.1, 0.15) is 0 Å². The van der Waals surface area contributed by atoms with Crippen molar-refractivity contribution in [2.75, 3.05) is 0 Å². The van der Waals surface area contributed by atoms with E-state index in [4.69, 9.17) is 5.11 Å². The van der Waals surface area contributed by atoms with Gasteiger partial charge in [-0.1, -0.05) is 32.6 Å². The van der Waals surface area contributed by atoms with Crippen LogP contribution in [0.25, 0.3) is 0 Å². The molecule has 0 heterocycles. The highest BCUT2D eigenvalue weighted by Gasteiger charge is 2.55. The van der Waals surface area contributed by atoms with E-state index in [-0.39, 0.29) is 5.41 Å². The molecule has 1 fully saturated rings. The largest absolute Gasteiger partial charge is 0.481 e. The molecule has 1 rings (SSSR count). The summed E-state index contributed by atoms with van der Waals surface area (Å²) in [6.45, 7) is 4.07. The molecule has 76 valence electrons. The maximum absolute atomic E-state index is 10.8. The second-order valence-corrected chi connectivity index (χ2v) is 4.47. The van der Waals surface area contributed by atoms with E-state index in [1.807, 2.05) is 6.92 Å². The number of carboxylic acids is 1. The number of hydrogen-bond donors (Lipinski definition) is 1. The predicted octanol–water partition coefficient (Wildman–Crippen LogP) is 3.07. The van der Waals surface area contributed by atoms with Crippen LogP contribution in [0, 0.1) is 11.3 Å². The number of hydrogen-bond acceptors (Lipinski definition) is 1. The van der Waals surface area contributed by atoms with Crippen LogP contribution in [-0.4, -0.2) is 11.1 Å². The molecule has 0 aliphatic heterocycles. The molecule has 1 N–H and O–H groups in total. The molecule has 0 aromatic rings. The molecule has 0 spiro atoms. The van der Waals surface area contributed by atoms with Crippen LogP contribution >= 0.6 is 0 Å². The molecule has 0 aromatic heterocycles. The van der Waals surface area contributed by atoms with Crippen LogP contribution in [0.4, 0.5) is 0 Å². The van der Waals surface area contributed by atoms with Crippen molar-refractivity contribution < 1.29 is 9.90 Å². The van der Waals surface area contributed by atoms with Crippen molar-refractivity contribution in [3.8, 4) is 0 Å². The molecule has 0 amide bonds. The molecule has 2 atom stereocenters. The van der Waals surface area contributed by atoms with Crippen molar-refractivity contribution in [2.24, 2.45) is 11.3 Å². The molecule has 0 aromatic carbocycles. The summed E-state index contributed by atoms with van der Waals surface area (Å²) in [6.07, 6.45) is 7.03. The van der Waals surface area contributed by atoms with Gasteiger partial charge in [-0.05, 0) is 25.7 Å². The van der Waals surface area contributed by atoms with Gasteiger partial charge < -0.3 is 5.11 Å². The molecular formula is C11H20O2. The standard InChI is InChI=1S/C11H20O2/c1-3-4-5-6-7-9-8-11(9,2)10(12)13/h9H,3-8H2,1-2H3,(H,12,13)/t9-,11+/m0/s1. The minimum atomic E-state index is -0.604. The highest BCUT2D eigenvalue weighted by Crippen LogP contribution is 2.54. The molecular weight excluding hydrogens is 164 g/mol. The van der Waals surface area contributed by atoms with E-state index in [2.05, 4.69) is 6.92 Å². The zero-order valence-electron chi connectivity index (χ0n) is 8.68. The second kappa shape index (κ2) is 4.12. The van der Waals surface area contributed by atoms with Crippen LogP contribution < -0.4 is 0 Å². The highest BCUT2D eigenvalue weighted by molar-refractivity contribution is 5.77. The van der Waals surface area contributed by atoms with Gasteiger partial charge in [0.15, 0.2) is 0 Å². The van der Waals surface area contributed by atoms with E-state index in [1.54, 1.807) is 0 Å². The Morgan fingerprint density at radius 3 is 2.62 bits per heavy atom. The van der Waals surface area contributed by atoms with Gasteiger partial charge in [-0.2, -0.15) is 0 Å². The van der Waals surface area contributed by atoms with Gasteiger partial charge >= 0.3 is 5.97 Å². The third kappa shape index (κ3) is 2.45. The lowest BCUT2D eigenvalue weighted by Crippen LogP contribution is -2.12. The van der Waals surface area contributed by atoms with Crippen molar-refractivity contribution in [1.29, 1.82) is 0 Å². The molecule has 0 unspecified atom stereocenters. The van der Waals surface area contributed by atoms with Crippen molar-refractivity contribution >= 4 is 5.97 Å². The third-order valence-corrected chi connectivity index (χ3v) is 3.31. The first kappa shape index (κ1) is 10.6. The first-order valence-electron chi connectivity index (χ1n) is 5.34. The minimum Gasteiger partial charge on any atom is -0.481 e. The quantitative estimate of drug-likeness (QED) is 0.644. The Labute approximate surface area is 80.3 Å². The molecule has 1 aliphatic carbocycles. The predicted molar refractivity (Wildman–Crippen MR) is 52.6 cm³/mol. The smallest absolute Gasteiger partial charge is 0.309 e. The number of aliphatic carboxylic acids is 1. The van der Waals surface area contributed by atoms with E-state index in [9.17, 15) is 4.79 Å². The summed E-state index contributed by atoms with van der Waals surface area (Å²) in [6, 6.07) is 0. The topological polar surface area (TPSA) is 37.3 Å². The first-order chi connectivity index (χ1) is 6.11. The highest BCUT2D eigenvalue weighted by atomic mass is 16.4. The normalized spacial score (nSPS) is 31.7. The van der Waals surface area contributed by atoms with E-state index in [0.717, 1.165) is 12.8 Å². The Kier molecular flexibility index (Phi) is 3.34. The number of carbonyl (C=O) groups is 1. The fourth-order valence-corrected chi connectivity index (χ4v) is 1.95. The van der Waals surface area contributed by atoms with Gasteiger partial charge in [0.25, 0.3) is 0 Å². The van der Waals surface area contributed by atoms with Crippen LogP contribution in [0.1, 0.15) is 52.4 Å². The average Bonchev–Trinajstić information content (AvgIpc) is 2.73. The Hall–Kier alpha value is -0.530. The molecule has 13 heavy (non-hydrogen) atoms. The summed E-state index contributed by atoms with van der Waals surface area (Å²) >= 11 is 0. The Morgan fingerprint density at radius 2 is 2.15 bits per heavy atom. The Balaban J connectivity index is 2.10. The Morgan fingerprint density at radius 1 is 1.46 bits per heavy atom. The molecule has 2 heteroatoms. The lowest BCUT2D eigenvalue weighted by molar-refractivity contribution is -0.143. The van der Waals surface area contributed by atoms with E-state index in [0.29, 0.717) is 5.92 Å². The monoisotopic (exact) mass is 184 g/mol. The van der Waals surface area contributed by atoms with Gasteiger partial charge in [0, 0.05) is 0 Å². The van der Waals surface area contributed by atoms with E-state index >= 15 is 0 Å². The lowest BCUT2D eigenvalue weighted by atomic mass is 10.0. The van der Waals surface area contributed by atoms with Crippen LogP contribution in [0.15, 0.2) is 0 Å². The van der Waals surface area contributed by atoms with E-state index in [1.165, 1.54) is 25.7 Å².